The van der Waals surface area contributed by atoms with E-state index in [4.69, 9.17) is 15.2 Å². The Morgan fingerprint density at radius 1 is 1.13 bits per heavy atom. The first-order valence-electron chi connectivity index (χ1n) is 9.06. The van der Waals surface area contributed by atoms with Gasteiger partial charge in [0.15, 0.2) is 5.17 Å². The number of hydrogen-bond acceptors (Lipinski definition) is 7. The van der Waals surface area contributed by atoms with Crippen LogP contribution in [0, 0.1) is 0 Å². The van der Waals surface area contributed by atoms with Crippen LogP contribution in [0.25, 0.3) is 6.08 Å². The third kappa shape index (κ3) is 5.43. The monoisotopic (exact) mass is 440 g/mol. The number of nitrogens with one attached hydrogen (secondary N) is 1. The van der Waals surface area contributed by atoms with Crippen LogP contribution < -0.4 is 25.4 Å². The van der Waals surface area contributed by atoms with Gasteiger partial charge in [0.2, 0.25) is 5.91 Å². The van der Waals surface area contributed by atoms with Crippen molar-refractivity contribution in [2.24, 2.45) is 10.7 Å². The molecule has 0 saturated carbocycles. The van der Waals surface area contributed by atoms with Crippen molar-refractivity contribution in [1.82, 2.24) is 5.32 Å². The van der Waals surface area contributed by atoms with Gasteiger partial charge in [-0.1, -0.05) is 30.0 Å². The molecule has 0 aliphatic carbocycles. The fraction of sp³-hybridized carbons (Fsp3) is 0.143. The van der Waals surface area contributed by atoms with Crippen molar-refractivity contribution < 1.29 is 23.9 Å². The van der Waals surface area contributed by atoms with Gasteiger partial charge in [0.25, 0.3) is 5.91 Å². The lowest BCUT2D eigenvalue weighted by atomic mass is 10.2. The number of imide groups is 1. The highest BCUT2D eigenvalue weighted by Gasteiger charge is 2.32. The highest BCUT2D eigenvalue weighted by Crippen LogP contribution is 2.31. The van der Waals surface area contributed by atoms with E-state index in [1.54, 1.807) is 61.7 Å². The number of benzene rings is 2. The van der Waals surface area contributed by atoms with Gasteiger partial charge in [-0.2, -0.15) is 0 Å². The normalized spacial score (nSPS) is 14.4. The first-order chi connectivity index (χ1) is 14.9. The Morgan fingerprint density at radius 2 is 1.84 bits per heavy atom. The second kappa shape index (κ2) is 9.81. The molecule has 3 rings (SSSR count). The Hall–Kier alpha value is -3.79. The quantitative estimate of drug-likeness (QED) is 0.665. The van der Waals surface area contributed by atoms with Crippen LogP contribution in [0.3, 0.4) is 0 Å². The molecule has 160 valence electrons. The van der Waals surface area contributed by atoms with Gasteiger partial charge >= 0.3 is 6.03 Å². The molecule has 2 aromatic carbocycles. The Bertz CT molecular complexity index is 1070. The highest BCUT2D eigenvalue weighted by atomic mass is 32.2. The van der Waals surface area contributed by atoms with Gasteiger partial charge in [-0.15, -0.1) is 0 Å². The maximum absolute atomic E-state index is 13.2. The van der Waals surface area contributed by atoms with Crippen LogP contribution in [0.5, 0.6) is 11.5 Å². The molecular formula is C21H20N4O5S. The van der Waals surface area contributed by atoms with Crippen molar-refractivity contribution in [3.05, 3.63) is 59.8 Å². The van der Waals surface area contributed by atoms with Crippen LogP contribution in [0.15, 0.2) is 59.2 Å². The minimum absolute atomic E-state index is 0.147. The summed E-state index contributed by atoms with van der Waals surface area (Å²) in [7, 11) is 3.10. The van der Waals surface area contributed by atoms with Gasteiger partial charge in [-0.3, -0.25) is 19.8 Å². The van der Waals surface area contributed by atoms with Gasteiger partial charge in [0, 0.05) is 6.07 Å². The molecule has 4 amide bonds. The lowest BCUT2D eigenvalue weighted by Crippen LogP contribution is -2.37. The molecule has 9 nitrogen and oxygen atoms in total. The van der Waals surface area contributed by atoms with E-state index < -0.39 is 11.9 Å². The van der Waals surface area contributed by atoms with Crippen molar-refractivity contribution in [3.63, 3.8) is 0 Å². The number of amidine groups is 1. The summed E-state index contributed by atoms with van der Waals surface area (Å²) in [6.45, 7) is 0. The van der Waals surface area contributed by atoms with E-state index >= 15 is 0 Å². The lowest BCUT2D eigenvalue weighted by molar-refractivity contribution is -0.117. The number of amides is 4. The maximum Gasteiger partial charge on any atom is 0.318 e. The summed E-state index contributed by atoms with van der Waals surface area (Å²) in [5.41, 5.74) is 6.46. The van der Waals surface area contributed by atoms with E-state index in [2.05, 4.69) is 4.99 Å². The number of hydrogen-bond donors (Lipinski definition) is 2. The number of nitrogens with zero attached hydrogens (tertiary/aromatic N) is 2. The van der Waals surface area contributed by atoms with Gasteiger partial charge < -0.3 is 15.2 Å². The van der Waals surface area contributed by atoms with Crippen molar-refractivity contribution in [1.29, 1.82) is 0 Å². The van der Waals surface area contributed by atoms with E-state index in [1.165, 1.54) is 12.0 Å². The molecule has 0 aromatic heterocycles. The Labute approximate surface area is 182 Å². The van der Waals surface area contributed by atoms with Crippen LogP contribution >= 0.6 is 11.8 Å². The van der Waals surface area contributed by atoms with Crippen molar-refractivity contribution in [2.45, 2.75) is 0 Å². The van der Waals surface area contributed by atoms with Crippen LogP contribution in [-0.2, 0) is 9.59 Å². The van der Waals surface area contributed by atoms with Crippen LogP contribution in [-0.4, -0.2) is 43.0 Å². The summed E-state index contributed by atoms with van der Waals surface area (Å²) >= 11 is 1.01. The molecule has 31 heavy (non-hydrogen) atoms. The number of anilines is 1. The van der Waals surface area contributed by atoms with E-state index in [9.17, 15) is 14.4 Å². The molecule has 0 spiro atoms. The first-order valence-corrected chi connectivity index (χ1v) is 10.0. The predicted molar refractivity (Wildman–Crippen MR) is 119 cm³/mol. The summed E-state index contributed by atoms with van der Waals surface area (Å²) in [6, 6.07) is 13.1. The Morgan fingerprint density at radius 3 is 2.48 bits per heavy atom. The van der Waals surface area contributed by atoms with Gasteiger partial charge in [0.05, 0.1) is 25.7 Å². The molecular weight excluding hydrogens is 420 g/mol. The predicted octanol–water partition coefficient (Wildman–Crippen LogP) is 2.38. The zero-order chi connectivity index (χ0) is 22.4. The fourth-order valence-electron chi connectivity index (χ4n) is 2.73. The summed E-state index contributed by atoms with van der Waals surface area (Å²) in [5.74, 6) is 0.158. The molecule has 0 saturated heterocycles. The van der Waals surface area contributed by atoms with Crippen molar-refractivity contribution in [3.8, 4) is 11.5 Å². The molecule has 1 aliphatic heterocycles. The maximum atomic E-state index is 13.2. The van der Waals surface area contributed by atoms with Crippen molar-refractivity contribution >= 4 is 46.5 Å². The fourth-order valence-corrected chi connectivity index (χ4v) is 3.54. The first kappa shape index (κ1) is 21.9. The molecule has 2 aromatic rings. The molecule has 10 heteroatoms. The van der Waals surface area contributed by atoms with Gasteiger partial charge in [-0.05, 0) is 35.9 Å². The molecule has 0 bridgehead atoms. The van der Waals surface area contributed by atoms with Crippen LogP contribution in [0.4, 0.5) is 10.5 Å². The number of thioether (sulfide) groups is 1. The Balaban J connectivity index is 1.92. The van der Waals surface area contributed by atoms with E-state index in [-0.39, 0.29) is 22.5 Å². The number of carbonyl (C=O) groups excluding carboxylic acids is 3. The van der Waals surface area contributed by atoms with Gasteiger partial charge in [-0.25, -0.2) is 9.79 Å². The number of urea groups is 1. The summed E-state index contributed by atoms with van der Waals surface area (Å²) < 4.78 is 10.4. The number of methoxy groups -OCH3 is 2. The summed E-state index contributed by atoms with van der Waals surface area (Å²) in [5, 5.41) is 2.28. The lowest BCUT2D eigenvalue weighted by Gasteiger charge is -2.18. The minimum atomic E-state index is -0.945. The standard InChI is InChI=1S/C21H20N4O5S/c1-29-15-8-6-13(7-9-15)10-17-19(27)25(14-4-3-5-16(11-14)30-2)21(23-17)31-12-18(26)24-20(22)28/h3-11H,12H2,1-2H3,(H3,22,24,26,28)/b17-10-. The van der Waals surface area contributed by atoms with E-state index in [1.807, 2.05) is 5.32 Å². The average molecular weight is 440 g/mol. The number of nitrogens with two attached hydrogens (primary N) is 1. The second-order valence-electron chi connectivity index (χ2n) is 6.24. The van der Waals surface area contributed by atoms with Crippen LogP contribution in [0.1, 0.15) is 5.56 Å². The third-order valence-electron chi connectivity index (χ3n) is 4.16. The molecule has 0 atom stereocenters. The topological polar surface area (TPSA) is 123 Å². The summed E-state index contributed by atoms with van der Waals surface area (Å²) in [6.07, 6.45) is 1.64. The molecule has 3 N–H and O–H groups in total. The molecule has 0 radical (unpaired) electrons. The smallest absolute Gasteiger partial charge is 0.318 e. The largest absolute Gasteiger partial charge is 0.497 e. The SMILES string of the molecule is COc1ccc(/C=C2\N=C(SCC(=O)NC(N)=O)N(c3cccc(OC)c3)C2=O)cc1. The third-order valence-corrected chi connectivity index (χ3v) is 5.09. The highest BCUT2D eigenvalue weighted by molar-refractivity contribution is 8.14. The molecule has 1 aliphatic rings. The van der Waals surface area contributed by atoms with Crippen molar-refractivity contribution in [2.75, 3.05) is 24.9 Å². The number of ether oxygens (including phenoxy) is 2. The van der Waals surface area contributed by atoms with E-state index in [0.717, 1.165) is 17.3 Å². The summed E-state index contributed by atoms with van der Waals surface area (Å²) in [4.78, 5) is 41.7. The molecule has 1 heterocycles. The van der Waals surface area contributed by atoms with Gasteiger partial charge in [0.1, 0.15) is 17.2 Å². The zero-order valence-corrected chi connectivity index (χ0v) is 17.6. The molecule has 0 fully saturated rings. The minimum Gasteiger partial charge on any atom is -0.497 e. The zero-order valence-electron chi connectivity index (χ0n) is 16.8. The number of carbonyl (C=O) groups is 3. The van der Waals surface area contributed by atoms with E-state index in [0.29, 0.717) is 17.2 Å². The second-order valence-corrected chi connectivity index (χ2v) is 7.18. The molecule has 0 unspecified atom stereocenters. The average Bonchev–Trinajstić information content (AvgIpc) is 3.07. The number of aliphatic imine (C=N–C) groups is 1. The number of primary amides is 1. The Kier molecular flexibility index (Phi) is 6.93. The van der Waals surface area contributed by atoms with Crippen LogP contribution in [0.2, 0.25) is 0 Å². The number of rotatable bonds is 6.